The second kappa shape index (κ2) is 7.46. The summed E-state index contributed by atoms with van der Waals surface area (Å²) in [5, 5.41) is 0. The molecule has 0 saturated heterocycles. The van der Waals surface area contributed by atoms with Crippen LogP contribution >= 0.6 is 0 Å². The Balaban J connectivity index is 2.31. The lowest BCUT2D eigenvalue weighted by molar-refractivity contribution is -0.150. The van der Waals surface area contributed by atoms with Crippen molar-refractivity contribution in [3.63, 3.8) is 0 Å². The van der Waals surface area contributed by atoms with Crippen LogP contribution in [0, 0.1) is 11.8 Å². The van der Waals surface area contributed by atoms with Gasteiger partial charge in [0.2, 0.25) is 0 Å². The van der Waals surface area contributed by atoms with Gasteiger partial charge in [0.05, 0.1) is 6.61 Å². The third kappa shape index (κ3) is 4.14. The summed E-state index contributed by atoms with van der Waals surface area (Å²) in [5.41, 5.74) is 0. The van der Waals surface area contributed by atoms with Crippen LogP contribution in [0.25, 0.3) is 0 Å². The number of ether oxygens (including phenoxy) is 1. The van der Waals surface area contributed by atoms with E-state index < -0.39 is 5.92 Å². The van der Waals surface area contributed by atoms with E-state index in [1.807, 2.05) is 0 Å². The van der Waals surface area contributed by atoms with E-state index in [0.717, 1.165) is 19.3 Å². The fourth-order valence-corrected chi connectivity index (χ4v) is 2.52. The van der Waals surface area contributed by atoms with Crippen LogP contribution in [-0.4, -0.2) is 18.4 Å². The summed E-state index contributed by atoms with van der Waals surface area (Å²) in [6.07, 6.45) is 7.27. The highest BCUT2D eigenvalue weighted by atomic mass is 16.5. The van der Waals surface area contributed by atoms with Crippen molar-refractivity contribution in [1.29, 1.82) is 0 Å². The summed E-state index contributed by atoms with van der Waals surface area (Å²) in [5.74, 6) is -0.541. The van der Waals surface area contributed by atoms with Gasteiger partial charge in [-0.05, 0) is 26.2 Å². The summed E-state index contributed by atoms with van der Waals surface area (Å²) >= 11 is 0. The number of carbonyl (C=O) groups is 2. The van der Waals surface area contributed by atoms with E-state index in [2.05, 4.69) is 6.92 Å². The Bertz CT molecular complexity index is 260. The fourth-order valence-electron chi connectivity index (χ4n) is 2.52. The van der Waals surface area contributed by atoms with Crippen LogP contribution < -0.4 is 0 Å². The highest BCUT2D eigenvalue weighted by Gasteiger charge is 2.38. The lowest BCUT2D eigenvalue weighted by atomic mass is 9.96. The molecule has 0 heterocycles. The van der Waals surface area contributed by atoms with Crippen molar-refractivity contribution in [2.24, 2.45) is 11.8 Å². The molecule has 0 aromatic carbocycles. The molecule has 2 atom stereocenters. The Morgan fingerprint density at radius 1 is 1.24 bits per heavy atom. The SMILES string of the molecule is CCCCCCC1CCC(C(=O)OCC)C1=O. The maximum absolute atomic E-state index is 12.0. The molecule has 1 saturated carbocycles. The standard InChI is InChI=1S/C14H24O3/c1-3-5-6-7-8-11-9-10-12(13(11)15)14(16)17-4-2/h11-12H,3-10H2,1-2H3. The summed E-state index contributed by atoms with van der Waals surface area (Å²) in [7, 11) is 0. The molecule has 0 radical (unpaired) electrons. The second-order valence-electron chi connectivity index (χ2n) is 4.83. The van der Waals surface area contributed by atoms with Crippen molar-refractivity contribution in [3.05, 3.63) is 0 Å². The van der Waals surface area contributed by atoms with Crippen LogP contribution in [0.3, 0.4) is 0 Å². The quantitative estimate of drug-likeness (QED) is 0.390. The number of hydrogen-bond donors (Lipinski definition) is 0. The molecule has 0 spiro atoms. The van der Waals surface area contributed by atoms with E-state index >= 15 is 0 Å². The zero-order chi connectivity index (χ0) is 12.7. The van der Waals surface area contributed by atoms with Crippen molar-refractivity contribution in [1.82, 2.24) is 0 Å². The van der Waals surface area contributed by atoms with Gasteiger partial charge in [-0.2, -0.15) is 0 Å². The average Bonchev–Trinajstić information content (AvgIpc) is 2.67. The first-order valence-electron chi connectivity index (χ1n) is 6.91. The first kappa shape index (κ1) is 14.2. The monoisotopic (exact) mass is 240 g/mol. The minimum Gasteiger partial charge on any atom is -0.465 e. The van der Waals surface area contributed by atoms with Gasteiger partial charge in [-0.25, -0.2) is 0 Å². The van der Waals surface area contributed by atoms with Crippen LogP contribution in [0.1, 0.15) is 58.8 Å². The Kier molecular flexibility index (Phi) is 6.23. The Morgan fingerprint density at radius 3 is 2.65 bits per heavy atom. The molecular formula is C14H24O3. The number of esters is 1. The van der Waals surface area contributed by atoms with Gasteiger partial charge in [-0.3, -0.25) is 9.59 Å². The van der Waals surface area contributed by atoms with Gasteiger partial charge < -0.3 is 4.74 Å². The molecule has 0 N–H and O–H groups in total. The van der Waals surface area contributed by atoms with Crippen molar-refractivity contribution in [2.75, 3.05) is 6.61 Å². The van der Waals surface area contributed by atoms with Gasteiger partial charge >= 0.3 is 5.97 Å². The van der Waals surface area contributed by atoms with E-state index in [0.29, 0.717) is 13.0 Å². The van der Waals surface area contributed by atoms with Gasteiger partial charge in [0, 0.05) is 5.92 Å². The third-order valence-corrected chi connectivity index (χ3v) is 3.53. The van der Waals surface area contributed by atoms with Gasteiger partial charge in [-0.1, -0.05) is 32.6 Å². The molecule has 0 aromatic rings. The zero-order valence-electron chi connectivity index (χ0n) is 11.0. The first-order valence-corrected chi connectivity index (χ1v) is 6.91. The second-order valence-corrected chi connectivity index (χ2v) is 4.83. The molecule has 3 nitrogen and oxygen atoms in total. The topological polar surface area (TPSA) is 43.4 Å². The van der Waals surface area contributed by atoms with E-state index in [4.69, 9.17) is 4.74 Å². The zero-order valence-corrected chi connectivity index (χ0v) is 11.0. The lowest BCUT2D eigenvalue weighted by Gasteiger charge is -2.09. The van der Waals surface area contributed by atoms with E-state index in [-0.39, 0.29) is 17.7 Å². The van der Waals surface area contributed by atoms with Gasteiger partial charge in [0.25, 0.3) is 0 Å². The average molecular weight is 240 g/mol. The summed E-state index contributed by atoms with van der Waals surface area (Å²) < 4.78 is 4.93. The minimum atomic E-state index is -0.467. The van der Waals surface area contributed by atoms with E-state index in [1.54, 1.807) is 6.92 Å². The molecule has 0 aromatic heterocycles. The van der Waals surface area contributed by atoms with Gasteiger partial charge in [-0.15, -0.1) is 0 Å². The number of unbranched alkanes of at least 4 members (excludes halogenated alkanes) is 3. The molecule has 1 aliphatic carbocycles. The molecule has 0 amide bonds. The lowest BCUT2D eigenvalue weighted by Crippen LogP contribution is -2.24. The van der Waals surface area contributed by atoms with Gasteiger partial charge in [0.1, 0.15) is 11.7 Å². The highest BCUT2D eigenvalue weighted by Crippen LogP contribution is 2.31. The van der Waals surface area contributed by atoms with Gasteiger partial charge in [0.15, 0.2) is 0 Å². The number of ketones is 1. The van der Waals surface area contributed by atoms with Crippen LogP contribution in [0.5, 0.6) is 0 Å². The predicted molar refractivity (Wildman–Crippen MR) is 66.6 cm³/mol. The van der Waals surface area contributed by atoms with Crippen LogP contribution in [0.4, 0.5) is 0 Å². The van der Waals surface area contributed by atoms with Crippen LogP contribution in [0.2, 0.25) is 0 Å². The van der Waals surface area contributed by atoms with Crippen molar-refractivity contribution < 1.29 is 14.3 Å². The predicted octanol–water partition coefficient (Wildman–Crippen LogP) is 3.12. The molecule has 2 unspecified atom stereocenters. The number of rotatable bonds is 7. The van der Waals surface area contributed by atoms with Crippen molar-refractivity contribution in [3.8, 4) is 0 Å². The largest absolute Gasteiger partial charge is 0.465 e. The van der Waals surface area contributed by atoms with Crippen molar-refractivity contribution in [2.45, 2.75) is 58.8 Å². The molecule has 1 rings (SSSR count). The van der Waals surface area contributed by atoms with Crippen molar-refractivity contribution >= 4 is 11.8 Å². The molecule has 0 aliphatic heterocycles. The Morgan fingerprint density at radius 2 is 2.00 bits per heavy atom. The smallest absolute Gasteiger partial charge is 0.316 e. The molecule has 0 bridgehead atoms. The Labute approximate surface area is 104 Å². The number of hydrogen-bond acceptors (Lipinski definition) is 3. The molecule has 17 heavy (non-hydrogen) atoms. The molecule has 98 valence electrons. The molecule has 1 fully saturated rings. The number of carbonyl (C=O) groups excluding carboxylic acids is 2. The summed E-state index contributed by atoms with van der Waals surface area (Å²) in [6, 6.07) is 0. The molecule has 3 heteroatoms. The maximum atomic E-state index is 12.0. The van der Waals surface area contributed by atoms with E-state index in [1.165, 1.54) is 19.3 Å². The maximum Gasteiger partial charge on any atom is 0.316 e. The highest BCUT2D eigenvalue weighted by molar-refractivity contribution is 6.01. The molecular weight excluding hydrogens is 216 g/mol. The summed E-state index contributed by atoms with van der Waals surface area (Å²) in [6.45, 7) is 4.32. The number of Topliss-reactive ketones (excluding diaryl/α,β-unsaturated/α-hetero) is 1. The minimum absolute atomic E-state index is 0.112. The third-order valence-electron chi connectivity index (χ3n) is 3.53. The van der Waals surface area contributed by atoms with Crippen LogP contribution in [0.15, 0.2) is 0 Å². The van der Waals surface area contributed by atoms with Crippen LogP contribution in [-0.2, 0) is 14.3 Å². The normalized spacial score (nSPS) is 24.0. The first-order chi connectivity index (χ1) is 8.20. The summed E-state index contributed by atoms with van der Waals surface area (Å²) in [4.78, 5) is 23.5. The Hall–Kier alpha value is -0.860. The molecule has 1 aliphatic rings. The fraction of sp³-hybridized carbons (Fsp3) is 0.857. The van der Waals surface area contributed by atoms with E-state index in [9.17, 15) is 9.59 Å².